The molecule has 7 heteroatoms. The molecule has 0 fully saturated rings. The van der Waals surface area contributed by atoms with Crippen molar-refractivity contribution in [3.05, 3.63) is 42.5 Å². The number of benzene rings is 1. The molecule has 1 heterocycles. The van der Waals surface area contributed by atoms with Crippen LogP contribution in [0.5, 0.6) is 0 Å². The van der Waals surface area contributed by atoms with Gasteiger partial charge in [0.25, 0.3) is 0 Å². The van der Waals surface area contributed by atoms with Crippen LogP contribution in [0.1, 0.15) is 18.4 Å². The molecule has 6 nitrogen and oxygen atoms in total. The van der Waals surface area contributed by atoms with Crippen molar-refractivity contribution in [3.63, 3.8) is 0 Å². The molecule has 0 saturated heterocycles. The fourth-order valence-electron chi connectivity index (χ4n) is 2.04. The zero-order chi connectivity index (χ0) is 15.3. The lowest BCUT2D eigenvalue weighted by Gasteiger charge is -2.09. The van der Waals surface area contributed by atoms with E-state index in [9.17, 15) is 8.42 Å². The van der Waals surface area contributed by atoms with Crippen LogP contribution in [-0.2, 0) is 16.6 Å². The largest absolute Gasteiger partial charge is 0.398 e. The summed E-state index contributed by atoms with van der Waals surface area (Å²) in [5, 5.41) is 0. The number of rotatable bonds is 7. The Morgan fingerprint density at radius 1 is 1.33 bits per heavy atom. The molecule has 0 atom stereocenters. The van der Waals surface area contributed by atoms with Crippen molar-refractivity contribution < 1.29 is 8.42 Å². The van der Waals surface area contributed by atoms with Gasteiger partial charge in [0.15, 0.2) is 0 Å². The first kappa shape index (κ1) is 15.5. The minimum atomic E-state index is -3.54. The molecule has 1 aromatic carbocycles. The number of sulfonamides is 1. The van der Waals surface area contributed by atoms with Gasteiger partial charge in [-0.25, -0.2) is 18.1 Å². The normalized spacial score (nSPS) is 11.7. The van der Waals surface area contributed by atoms with Gasteiger partial charge in [-0.2, -0.15) is 0 Å². The number of nitrogens with two attached hydrogens (primary N) is 1. The van der Waals surface area contributed by atoms with Crippen LogP contribution in [0.3, 0.4) is 0 Å². The standard InChI is InChI=1S/C14H20N4O2S/c1-12-4-5-14(13(15)10-12)21(19,20)17-6-2-3-8-18-9-7-16-11-18/h4-5,7,9-11,17H,2-3,6,8,15H2,1H3. The van der Waals surface area contributed by atoms with Crippen molar-refractivity contribution in [2.24, 2.45) is 0 Å². The molecule has 0 bridgehead atoms. The maximum absolute atomic E-state index is 12.1. The van der Waals surface area contributed by atoms with E-state index >= 15 is 0 Å². The van der Waals surface area contributed by atoms with E-state index in [-0.39, 0.29) is 10.6 Å². The van der Waals surface area contributed by atoms with Gasteiger partial charge in [-0.05, 0) is 37.5 Å². The molecule has 2 aromatic rings. The van der Waals surface area contributed by atoms with Crippen molar-refractivity contribution in [1.82, 2.24) is 14.3 Å². The quantitative estimate of drug-likeness (QED) is 0.599. The average molecular weight is 308 g/mol. The number of nitrogens with zero attached hydrogens (tertiary/aromatic N) is 2. The van der Waals surface area contributed by atoms with Crippen molar-refractivity contribution in [1.29, 1.82) is 0 Å². The predicted octanol–water partition coefficient (Wildman–Crippen LogP) is 1.53. The minimum absolute atomic E-state index is 0.141. The Morgan fingerprint density at radius 3 is 2.81 bits per heavy atom. The molecule has 1 aromatic heterocycles. The predicted molar refractivity (Wildman–Crippen MR) is 82.2 cm³/mol. The zero-order valence-corrected chi connectivity index (χ0v) is 12.8. The Labute approximate surface area is 125 Å². The van der Waals surface area contributed by atoms with Gasteiger partial charge in [0.05, 0.1) is 12.0 Å². The second-order valence-electron chi connectivity index (χ2n) is 4.95. The monoisotopic (exact) mass is 308 g/mol. The molecule has 0 aliphatic carbocycles. The highest BCUT2D eigenvalue weighted by atomic mass is 32.2. The number of hydrogen-bond acceptors (Lipinski definition) is 4. The van der Waals surface area contributed by atoms with Gasteiger partial charge in [-0.3, -0.25) is 0 Å². The van der Waals surface area contributed by atoms with Crippen LogP contribution in [0.2, 0.25) is 0 Å². The highest BCUT2D eigenvalue weighted by molar-refractivity contribution is 7.89. The first-order chi connectivity index (χ1) is 9.99. The summed E-state index contributed by atoms with van der Waals surface area (Å²) in [6.07, 6.45) is 6.99. The first-order valence-corrected chi connectivity index (χ1v) is 8.29. The van der Waals surface area contributed by atoms with Gasteiger partial charge < -0.3 is 10.3 Å². The van der Waals surface area contributed by atoms with Crippen LogP contribution in [0, 0.1) is 6.92 Å². The molecule has 0 spiro atoms. The Kier molecular flexibility index (Phi) is 4.98. The number of hydrogen-bond donors (Lipinski definition) is 2. The number of anilines is 1. The first-order valence-electron chi connectivity index (χ1n) is 6.80. The topological polar surface area (TPSA) is 90.0 Å². The lowest BCUT2D eigenvalue weighted by molar-refractivity contribution is 0.566. The summed E-state index contributed by atoms with van der Waals surface area (Å²) >= 11 is 0. The van der Waals surface area contributed by atoms with Gasteiger partial charge in [-0.1, -0.05) is 6.07 Å². The maximum Gasteiger partial charge on any atom is 0.242 e. The second-order valence-corrected chi connectivity index (χ2v) is 6.68. The third kappa shape index (κ3) is 4.30. The van der Waals surface area contributed by atoms with E-state index < -0.39 is 10.0 Å². The lowest BCUT2D eigenvalue weighted by Crippen LogP contribution is -2.25. The fraction of sp³-hybridized carbons (Fsp3) is 0.357. The summed E-state index contributed by atoms with van der Waals surface area (Å²) in [5.41, 5.74) is 6.99. The smallest absolute Gasteiger partial charge is 0.242 e. The van der Waals surface area contributed by atoms with Crippen molar-refractivity contribution in [2.75, 3.05) is 12.3 Å². The molecule has 0 saturated carbocycles. The number of nitrogens with one attached hydrogen (secondary N) is 1. The van der Waals surface area contributed by atoms with Gasteiger partial charge in [0.1, 0.15) is 4.90 Å². The number of aryl methyl sites for hydroxylation is 2. The Balaban J connectivity index is 1.84. The molecule has 0 aliphatic rings. The second kappa shape index (κ2) is 6.73. The summed E-state index contributed by atoms with van der Waals surface area (Å²) in [6.45, 7) is 3.09. The zero-order valence-electron chi connectivity index (χ0n) is 12.0. The average Bonchev–Trinajstić information content (AvgIpc) is 2.91. The molecular weight excluding hydrogens is 288 g/mol. The van der Waals surface area contributed by atoms with E-state index in [0.717, 1.165) is 24.9 Å². The van der Waals surface area contributed by atoms with E-state index in [1.54, 1.807) is 30.7 Å². The molecule has 2 rings (SSSR count). The summed E-state index contributed by atoms with van der Waals surface area (Å²) in [7, 11) is -3.54. The summed E-state index contributed by atoms with van der Waals surface area (Å²) < 4.78 is 28.8. The van der Waals surface area contributed by atoms with Crippen LogP contribution < -0.4 is 10.5 Å². The van der Waals surface area contributed by atoms with Crippen molar-refractivity contribution >= 4 is 15.7 Å². The molecule has 0 radical (unpaired) electrons. The van der Waals surface area contributed by atoms with Gasteiger partial charge in [0, 0.05) is 25.5 Å². The summed E-state index contributed by atoms with van der Waals surface area (Å²) in [4.78, 5) is 4.10. The summed E-state index contributed by atoms with van der Waals surface area (Å²) in [6, 6.07) is 4.94. The highest BCUT2D eigenvalue weighted by Gasteiger charge is 2.16. The summed E-state index contributed by atoms with van der Waals surface area (Å²) in [5.74, 6) is 0. The Morgan fingerprint density at radius 2 is 2.14 bits per heavy atom. The lowest BCUT2D eigenvalue weighted by atomic mass is 10.2. The van der Waals surface area contributed by atoms with E-state index in [1.807, 2.05) is 17.7 Å². The number of unbranched alkanes of at least 4 members (excludes halogenated alkanes) is 1. The van der Waals surface area contributed by atoms with Crippen LogP contribution in [-0.4, -0.2) is 24.5 Å². The SMILES string of the molecule is Cc1ccc(S(=O)(=O)NCCCCn2ccnc2)c(N)c1. The molecule has 0 amide bonds. The number of nitrogen functional groups attached to an aromatic ring is 1. The van der Waals surface area contributed by atoms with Crippen molar-refractivity contribution in [3.8, 4) is 0 Å². The molecular formula is C14H20N4O2S. The van der Waals surface area contributed by atoms with E-state index in [0.29, 0.717) is 6.54 Å². The maximum atomic E-state index is 12.1. The Hall–Kier alpha value is -1.86. The molecule has 0 aliphatic heterocycles. The van der Waals surface area contributed by atoms with E-state index in [1.165, 1.54) is 0 Å². The van der Waals surface area contributed by atoms with E-state index in [4.69, 9.17) is 5.73 Å². The van der Waals surface area contributed by atoms with Gasteiger partial charge >= 0.3 is 0 Å². The van der Waals surface area contributed by atoms with Crippen LogP contribution in [0.25, 0.3) is 0 Å². The van der Waals surface area contributed by atoms with Crippen LogP contribution in [0.4, 0.5) is 5.69 Å². The van der Waals surface area contributed by atoms with E-state index in [2.05, 4.69) is 9.71 Å². The van der Waals surface area contributed by atoms with Crippen molar-refractivity contribution in [2.45, 2.75) is 31.2 Å². The highest BCUT2D eigenvalue weighted by Crippen LogP contribution is 2.19. The molecule has 3 N–H and O–H groups in total. The van der Waals surface area contributed by atoms with Crippen LogP contribution >= 0.6 is 0 Å². The van der Waals surface area contributed by atoms with Crippen LogP contribution in [0.15, 0.2) is 41.8 Å². The Bertz CT molecular complexity index is 681. The van der Waals surface area contributed by atoms with Gasteiger partial charge in [-0.15, -0.1) is 0 Å². The third-order valence-corrected chi connectivity index (χ3v) is 4.68. The van der Waals surface area contributed by atoms with Gasteiger partial charge in [0.2, 0.25) is 10.0 Å². The molecule has 0 unspecified atom stereocenters. The number of aromatic nitrogens is 2. The fourth-order valence-corrected chi connectivity index (χ4v) is 3.22. The molecule has 114 valence electrons. The third-order valence-electron chi connectivity index (χ3n) is 3.15. The molecule has 21 heavy (non-hydrogen) atoms. The minimum Gasteiger partial charge on any atom is -0.398 e. The number of imidazole rings is 1.